The van der Waals surface area contributed by atoms with Gasteiger partial charge in [0.25, 0.3) is 11.1 Å². The lowest BCUT2D eigenvalue weighted by molar-refractivity contribution is -0.123. The van der Waals surface area contributed by atoms with E-state index in [1.807, 2.05) is 43.3 Å². The smallest absolute Gasteiger partial charge is 0.293 e. The first-order chi connectivity index (χ1) is 17.4. The summed E-state index contributed by atoms with van der Waals surface area (Å²) < 4.78 is 11.8. The highest BCUT2D eigenvalue weighted by atomic mass is 35.5. The fraction of sp³-hybridized carbons (Fsp3) is 0.172. The van der Waals surface area contributed by atoms with Crippen molar-refractivity contribution in [2.24, 2.45) is 0 Å². The molecule has 0 bridgehead atoms. The number of carbonyl (C=O) groups is 2. The molecule has 4 rings (SSSR count). The van der Waals surface area contributed by atoms with Crippen LogP contribution in [0.4, 0.5) is 4.79 Å². The van der Waals surface area contributed by atoms with Gasteiger partial charge in [0.05, 0.1) is 18.6 Å². The topological polar surface area (TPSA) is 55.8 Å². The summed E-state index contributed by atoms with van der Waals surface area (Å²) in [6.45, 7) is 6.49. The van der Waals surface area contributed by atoms with Crippen LogP contribution < -0.4 is 9.47 Å². The lowest BCUT2D eigenvalue weighted by atomic mass is 10.0. The molecule has 0 atom stereocenters. The number of hydrogen-bond donors (Lipinski definition) is 0. The zero-order chi connectivity index (χ0) is 25.7. The maximum Gasteiger partial charge on any atom is 0.293 e. The van der Waals surface area contributed by atoms with E-state index in [0.717, 1.165) is 34.0 Å². The molecule has 2 amide bonds. The quantitative estimate of drug-likeness (QED) is 0.221. The van der Waals surface area contributed by atoms with Crippen LogP contribution in [0.15, 0.2) is 78.2 Å². The number of carbonyl (C=O) groups excluding carboxylic acids is 2. The van der Waals surface area contributed by atoms with Crippen molar-refractivity contribution in [1.82, 2.24) is 4.90 Å². The van der Waals surface area contributed by atoms with Crippen molar-refractivity contribution in [3.8, 4) is 11.5 Å². The van der Waals surface area contributed by atoms with Gasteiger partial charge in [-0.15, -0.1) is 6.58 Å². The van der Waals surface area contributed by atoms with Crippen molar-refractivity contribution in [3.05, 3.63) is 111 Å². The van der Waals surface area contributed by atoms with Crippen molar-refractivity contribution in [2.45, 2.75) is 26.5 Å². The Kier molecular flexibility index (Phi) is 8.18. The molecule has 7 heteroatoms. The number of thioether (sulfide) groups is 1. The predicted molar refractivity (Wildman–Crippen MR) is 145 cm³/mol. The number of rotatable bonds is 9. The lowest BCUT2D eigenvalue weighted by Gasteiger charge is -2.16. The summed E-state index contributed by atoms with van der Waals surface area (Å²) in [6.07, 6.45) is 4.06. The molecule has 1 aliphatic heterocycles. The number of allylic oxidation sites excluding steroid dienone is 1. The molecule has 3 aromatic rings. The van der Waals surface area contributed by atoms with Gasteiger partial charge in [-0.05, 0) is 72.1 Å². The van der Waals surface area contributed by atoms with Gasteiger partial charge in [0.1, 0.15) is 6.61 Å². The standard InChI is InChI=1S/C29H26ClNO4S/c1-4-5-23-14-22(15-25(34-3)27(23)35-18-21-8-6-19(2)7-9-21)16-26-28(32)31(29(33)36-26)17-20-10-12-24(30)13-11-20/h4,6-16H,1,5,17-18H2,2-3H3/b26-16+. The number of benzene rings is 3. The number of ether oxygens (including phenoxy) is 2. The number of methoxy groups -OCH3 is 1. The predicted octanol–water partition coefficient (Wildman–Crippen LogP) is 7.20. The van der Waals surface area contributed by atoms with E-state index < -0.39 is 0 Å². The Balaban J connectivity index is 1.58. The molecule has 1 aliphatic rings. The molecule has 0 radical (unpaired) electrons. The van der Waals surface area contributed by atoms with Gasteiger partial charge in [0.15, 0.2) is 11.5 Å². The summed E-state index contributed by atoms with van der Waals surface area (Å²) >= 11 is 6.87. The van der Waals surface area contributed by atoms with Crippen LogP contribution in [0.25, 0.3) is 6.08 Å². The van der Waals surface area contributed by atoms with E-state index >= 15 is 0 Å². The summed E-state index contributed by atoms with van der Waals surface area (Å²) in [5, 5.41) is 0.292. The van der Waals surface area contributed by atoms with Crippen molar-refractivity contribution < 1.29 is 19.1 Å². The van der Waals surface area contributed by atoms with Crippen molar-refractivity contribution in [2.75, 3.05) is 7.11 Å². The zero-order valence-corrected chi connectivity index (χ0v) is 21.7. The maximum atomic E-state index is 13.0. The highest BCUT2D eigenvalue weighted by molar-refractivity contribution is 8.18. The van der Waals surface area contributed by atoms with Crippen LogP contribution in [-0.4, -0.2) is 23.2 Å². The molecule has 5 nitrogen and oxygen atoms in total. The van der Waals surface area contributed by atoms with Crippen LogP contribution in [-0.2, 0) is 24.4 Å². The number of amides is 2. The zero-order valence-electron chi connectivity index (χ0n) is 20.1. The fourth-order valence-corrected chi connectivity index (χ4v) is 4.75. The Labute approximate surface area is 220 Å². The number of nitrogens with zero attached hydrogens (tertiary/aromatic N) is 1. The number of hydrogen-bond acceptors (Lipinski definition) is 5. The molecule has 36 heavy (non-hydrogen) atoms. The van der Waals surface area contributed by atoms with Crippen molar-refractivity contribution in [3.63, 3.8) is 0 Å². The molecule has 1 heterocycles. The molecule has 3 aromatic carbocycles. The van der Waals surface area contributed by atoms with Crippen molar-refractivity contribution >= 4 is 40.6 Å². The van der Waals surface area contributed by atoms with E-state index in [2.05, 4.69) is 6.58 Å². The molecule has 0 spiro atoms. The van der Waals surface area contributed by atoms with Crippen LogP contribution in [0.1, 0.15) is 27.8 Å². The van der Waals surface area contributed by atoms with Gasteiger partial charge < -0.3 is 9.47 Å². The number of halogens is 1. The molecular formula is C29H26ClNO4S. The largest absolute Gasteiger partial charge is 0.493 e. The third-order valence-corrected chi connectivity index (χ3v) is 6.83. The van der Waals surface area contributed by atoms with E-state index in [9.17, 15) is 9.59 Å². The van der Waals surface area contributed by atoms with Crippen LogP contribution in [0, 0.1) is 6.92 Å². The average molecular weight is 520 g/mol. The Morgan fingerprint density at radius 3 is 2.39 bits per heavy atom. The van der Waals surface area contributed by atoms with Gasteiger partial charge in [-0.1, -0.05) is 59.6 Å². The van der Waals surface area contributed by atoms with Crippen molar-refractivity contribution in [1.29, 1.82) is 0 Å². The molecule has 0 unspecified atom stereocenters. The summed E-state index contributed by atoms with van der Waals surface area (Å²) in [4.78, 5) is 27.2. The second kappa shape index (κ2) is 11.5. The summed E-state index contributed by atoms with van der Waals surface area (Å²) in [5.41, 5.74) is 4.68. The maximum absolute atomic E-state index is 13.0. The van der Waals surface area contributed by atoms with E-state index in [1.54, 1.807) is 43.5 Å². The average Bonchev–Trinajstić information content (AvgIpc) is 3.12. The first kappa shape index (κ1) is 25.6. The molecule has 1 fully saturated rings. The summed E-state index contributed by atoms with van der Waals surface area (Å²) in [7, 11) is 1.58. The summed E-state index contributed by atoms with van der Waals surface area (Å²) in [6, 6.07) is 19.0. The molecular weight excluding hydrogens is 494 g/mol. The Morgan fingerprint density at radius 1 is 1.03 bits per heavy atom. The normalized spacial score (nSPS) is 14.4. The van der Waals surface area contributed by atoms with Gasteiger partial charge in [-0.3, -0.25) is 14.5 Å². The highest BCUT2D eigenvalue weighted by Gasteiger charge is 2.35. The molecule has 184 valence electrons. The highest BCUT2D eigenvalue weighted by Crippen LogP contribution is 2.38. The number of imide groups is 1. The van der Waals surface area contributed by atoms with Crippen LogP contribution in [0.3, 0.4) is 0 Å². The van der Waals surface area contributed by atoms with Gasteiger partial charge in [-0.25, -0.2) is 0 Å². The Hall–Kier alpha value is -3.48. The van der Waals surface area contributed by atoms with Gasteiger partial charge in [-0.2, -0.15) is 0 Å². The van der Waals surface area contributed by atoms with Crippen LogP contribution in [0.2, 0.25) is 5.02 Å². The molecule has 0 aliphatic carbocycles. The third kappa shape index (κ3) is 6.01. The van der Waals surface area contributed by atoms with Gasteiger partial charge in [0.2, 0.25) is 0 Å². The fourth-order valence-electron chi connectivity index (χ4n) is 3.79. The minimum absolute atomic E-state index is 0.190. The van der Waals surface area contributed by atoms with E-state index in [0.29, 0.717) is 34.5 Å². The van der Waals surface area contributed by atoms with Crippen LogP contribution in [0.5, 0.6) is 11.5 Å². The van der Waals surface area contributed by atoms with E-state index in [1.165, 1.54) is 10.5 Å². The van der Waals surface area contributed by atoms with Crippen LogP contribution >= 0.6 is 23.4 Å². The van der Waals surface area contributed by atoms with E-state index in [4.69, 9.17) is 21.1 Å². The lowest BCUT2D eigenvalue weighted by Crippen LogP contribution is -2.27. The third-order valence-electron chi connectivity index (χ3n) is 5.67. The SMILES string of the molecule is C=CCc1cc(/C=C2/SC(=O)N(Cc3ccc(Cl)cc3)C2=O)cc(OC)c1OCc1ccc(C)cc1. The second-order valence-electron chi connectivity index (χ2n) is 8.37. The first-order valence-electron chi connectivity index (χ1n) is 11.4. The Morgan fingerprint density at radius 2 is 1.72 bits per heavy atom. The molecule has 0 N–H and O–H groups in total. The van der Waals surface area contributed by atoms with Gasteiger partial charge in [0, 0.05) is 10.6 Å². The van der Waals surface area contributed by atoms with E-state index in [-0.39, 0.29) is 17.7 Å². The summed E-state index contributed by atoms with van der Waals surface area (Å²) in [5.74, 6) is 0.850. The van der Waals surface area contributed by atoms with Gasteiger partial charge >= 0.3 is 0 Å². The first-order valence-corrected chi connectivity index (χ1v) is 12.6. The minimum atomic E-state index is -0.330. The molecule has 0 aromatic heterocycles. The monoisotopic (exact) mass is 519 g/mol. The second-order valence-corrected chi connectivity index (χ2v) is 9.80. The Bertz CT molecular complexity index is 1320. The molecule has 0 saturated carbocycles. The minimum Gasteiger partial charge on any atom is -0.493 e. The molecule has 1 saturated heterocycles. The number of aryl methyl sites for hydroxylation is 1.